The zero-order chi connectivity index (χ0) is 17.7. The van der Waals surface area contributed by atoms with E-state index in [4.69, 9.17) is 5.73 Å². The molecule has 2 rings (SSSR count). The Morgan fingerprint density at radius 2 is 1.83 bits per heavy atom. The normalized spacial score (nSPS) is 12.6. The van der Waals surface area contributed by atoms with Crippen molar-refractivity contribution in [1.82, 2.24) is 20.5 Å². The number of amides is 1. The third kappa shape index (κ3) is 4.99. The van der Waals surface area contributed by atoms with E-state index < -0.39 is 0 Å². The molecule has 0 radical (unpaired) electrons. The molecule has 0 saturated carbocycles. The second kappa shape index (κ2) is 8.19. The quantitative estimate of drug-likeness (QED) is 0.669. The minimum absolute atomic E-state index is 0.0171. The van der Waals surface area contributed by atoms with Crippen LogP contribution in [-0.4, -0.2) is 26.8 Å². The van der Waals surface area contributed by atoms with Crippen LogP contribution in [0.1, 0.15) is 50.8 Å². The first-order valence-corrected chi connectivity index (χ1v) is 9.05. The fraction of sp³-hybridized carbons (Fsp3) is 0.471. The van der Waals surface area contributed by atoms with Gasteiger partial charge in [-0.3, -0.25) is 4.79 Å². The Morgan fingerprint density at radius 1 is 1.21 bits per heavy atom. The molecule has 1 amide bonds. The van der Waals surface area contributed by atoms with Crippen LogP contribution in [0.3, 0.4) is 0 Å². The third-order valence-corrected chi connectivity index (χ3v) is 4.61. The average molecular weight is 347 g/mol. The van der Waals surface area contributed by atoms with Crippen molar-refractivity contribution >= 4 is 23.6 Å². The number of nitrogen functional groups attached to an aromatic ring is 1. The Balaban J connectivity index is 1.98. The zero-order valence-corrected chi connectivity index (χ0v) is 15.4. The predicted molar refractivity (Wildman–Crippen MR) is 97.8 cm³/mol. The van der Waals surface area contributed by atoms with Crippen LogP contribution in [0.15, 0.2) is 29.4 Å². The number of nitrogens with zero attached hydrogens (tertiary/aromatic N) is 2. The average Bonchev–Trinajstić information content (AvgIpc) is 2.96. The molecule has 24 heavy (non-hydrogen) atoms. The monoisotopic (exact) mass is 347 g/mol. The molecule has 6 nitrogen and oxygen atoms in total. The highest BCUT2D eigenvalue weighted by Gasteiger charge is 2.19. The Labute approximate surface area is 147 Å². The maximum absolute atomic E-state index is 12.3. The third-order valence-electron chi connectivity index (χ3n) is 3.76. The van der Waals surface area contributed by atoms with Crippen molar-refractivity contribution in [3.05, 3.63) is 35.4 Å². The van der Waals surface area contributed by atoms with Crippen molar-refractivity contribution in [2.45, 2.75) is 44.8 Å². The largest absolute Gasteiger partial charge is 0.368 e. The number of hydrogen-bond donors (Lipinski definition) is 3. The van der Waals surface area contributed by atoms with E-state index in [1.807, 2.05) is 0 Å². The number of aromatic nitrogens is 3. The number of carbonyl (C=O) groups is 1. The Morgan fingerprint density at radius 3 is 2.33 bits per heavy atom. The van der Waals surface area contributed by atoms with Crippen LogP contribution >= 0.6 is 11.8 Å². The number of nitrogens with two attached hydrogens (primary N) is 1. The first-order valence-electron chi connectivity index (χ1n) is 8.06. The molecule has 0 bridgehead atoms. The van der Waals surface area contributed by atoms with Crippen molar-refractivity contribution in [2.24, 2.45) is 5.92 Å². The molecular weight excluding hydrogens is 322 g/mol. The summed E-state index contributed by atoms with van der Waals surface area (Å²) in [4.78, 5) is 16.2. The van der Waals surface area contributed by atoms with Crippen LogP contribution in [0.25, 0.3) is 0 Å². The van der Waals surface area contributed by atoms with E-state index >= 15 is 0 Å². The second-order valence-corrected chi connectivity index (χ2v) is 7.34. The highest BCUT2D eigenvalue weighted by molar-refractivity contribution is 7.99. The molecule has 0 aliphatic rings. The number of carbonyl (C=O) groups excluding carboxylic acids is 1. The lowest BCUT2D eigenvalue weighted by molar-refractivity contribution is -0.119. The van der Waals surface area contributed by atoms with E-state index in [9.17, 15) is 4.79 Å². The van der Waals surface area contributed by atoms with E-state index in [2.05, 4.69) is 72.5 Å². The van der Waals surface area contributed by atoms with Gasteiger partial charge in [-0.1, -0.05) is 63.7 Å². The first kappa shape index (κ1) is 18.3. The standard InChI is InChI=1S/C17H25N5OS/c1-10(2)12-5-7-13(8-6-12)15(11(3)4)19-14(23)9-24-17-20-16(18)21-22-17/h5-8,10-11,15H,9H2,1-4H3,(H,19,23)(H3,18,20,21,22)/t15-/m1/s1. The van der Waals surface area contributed by atoms with E-state index in [1.54, 1.807) is 0 Å². The second-order valence-electron chi connectivity index (χ2n) is 6.40. The number of nitrogens with one attached hydrogen (secondary N) is 2. The lowest BCUT2D eigenvalue weighted by atomic mass is 9.93. The maximum Gasteiger partial charge on any atom is 0.230 e. The molecule has 0 spiro atoms. The smallest absolute Gasteiger partial charge is 0.230 e. The van der Waals surface area contributed by atoms with E-state index in [0.29, 0.717) is 17.0 Å². The molecular formula is C17H25N5OS. The Hall–Kier alpha value is -2.02. The molecule has 4 N–H and O–H groups in total. The molecule has 7 heteroatoms. The molecule has 0 unspecified atom stereocenters. The number of H-pyrrole nitrogens is 1. The summed E-state index contributed by atoms with van der Waals surface area (Å²) >= 11 is 1.26. The predicted octanol–water partition coefficient (Wildman–Crippen LogP) is 3.12. The zero-order valence-electron chi connectivity index (χ0n) is 14.5. The molecule has 1 aromatic carbocycles. The number of hydrogen-bond acceptors (Lipinski definition) is 5. The van der Waals surface area contributed by atoms with Gasteiger partial charge in [0.1, 0.15) is 0 Å². The van der Waals surface area contributed by atoms with Crippen molar-refractivity contribution in [3.8, 4) is 0 Å². The van der Waals surface area contributed by atoms with Crippen LogP contribution in [0.4, 0.5) is 5.95 Å². The lowest BCUT2D eigenvalue weighted by Gasteiger charge is -2.23. The lowest BCUT2D eigenvalue weighted by Crippen LogP contribution is -2.33. The van der Waals surface area contributed by atoms with Crippen LogP contribution in [0, 0.1) is 5.92 Å². The van der Waals surface area contributed by atoms with Crippen LogP contribution < -0.4 is 11.1 Å². The fourth-order valence-corrected chi connectivity index (χ4v) is 3.01. The van der Waals surface area contributed by atoms with Crippen molar-refractivity contribution in [2.75, 3.05) is 11.5 Å². The van der Waals surface area contributed by atoms with Crippen molar-refractivity contribution < 1.29 is 4.79 Å². The number of benzene rings is 1. The molecule has 130 valence electrons. The molecule has 0 aliphatic heterocycles. The van der Waals surface area contributed by atoms with E-state index in [0.717, 1.165) is 5.56 Å². The summed E-state index contributed by atoms with van der Waals surface area (Å²) in [6.45, 7) is 8.54. The van der Waals surface area contributed by atoms with Gasteiger partial charge in [0.25, 0.3) is 0 Å². The summed E-state index contributed by atoms with van der Waals surface area (Å²) in [5.41, 5.74) is 7.89. The minimum Gasteiger partial charge on any atom is -0.368 e. The summed E-state index contributed by atoms with van der Waals surface area (Å²) in [7, 11) is 0. The summed E-state index contributed by atoms with van der Waals surface area (Å²) in [6, 6.07) is 8.45. The van der Waals surface area contributed by atoms with E-state index in [1.165, 1.54) is 17.3 Å². The highest BCUT2D eigenvalue weighted by Crippen LogP contribution is 2.24. The van der Waals surface area contributed by atoms with Crippen LogP contribution in [-0.2, 0) is 4.79 Å². The van der Waals surface area contributed by atoms with Gasteiger partial charge in [0.2, 0.25) is 17.0 Å². The summed E-state index contributed by atoms with van der Waals surface area (Å²) in [6.07, 6.45) is 0. The Bertz CT molecular complexity index is 666. The highest BCUT2D eigenvalue weighted by atomic mass is 32.2. The summed E-state index contributed by atoms with van der Waals surface area (Å²) < 4.78 is 0. The van der Waals surface area contributed by atoms with Crippen LogP contribution in [0.2, 0.25) is 0 Å². The van der Waals surface area contributed by atoms with Gasteiger partial charge in [0.05, 0.1) is 11.8 Å². The molecule has 1 aromatic heterocycles. The number of aromatic amines is 1. The number of rotatable bonds is 7. The van der Waals surface area contributed by atoms with Gasteiger partial charge in [-0.2, -0.15) is 4.98 Å². The van der Waals surface area contributed by atoms with Gasteiger partial charge < -0.3 is 11.1 Å². The molecule has 1 heterocycles. The van der Waals surface area contributed by atoms with E-state index in [-0.39, 0.29) is 23.7 Å². The minimum atomic E-state index is -0.0463. The maximum atomic E-state index is 12.3. The first-order chi connectivity index (χ1) is 11.4. The van der Waals surface area contributed by atoms with Gasteiger partial charge in [-0.25, -0.2) is 5.10 Å². The van der Waals surface area contributed by atoms with Crippen molar-refractivity contribution in [1.29, 1.82) is 0 Å². The fourth-order valence-electron chi connectivity index (χ4n) is 2.39. The van der Waals surface area contributed by atoms with Crippen molar-refractivity contribution in [3.63, 3.8) is 0 Å². The number of anilines is 1. The SMILES string of the molecule is CC(C)c1ccc([C@H](NC(=O)CSc2n[nH]c(N)n2)C(C)C)cc1. The molecule has 0 aliphatic carbocycles. The molecule has 1 atom stereocenters. The molecule has 2 aromatic rings. The van der Waals surface area contributed by atoms with Gasteiger partial charge >= 0.3 is 0 Å². The molecule has 0 saturated heterocycles. The molecule has 0 fully saturated rings. The van der Waals surface area contributed by atoms with Gasteiger partial charge in [0, 0.05) is 0 Å². The topological polar surface area (TPSA) is 96.7 Å². The van der Waals surface area contributed by atoms with Crippen LogP contribution in [0.5, 0.6) is 0 Å². The summed E-state index contributed by atoms with van der Waals surface area (Å²) in [5, 5.41) is 10.0. The van der Waals surface area contributed by atoms with Gasteiger partial charge in [-0.05, 0) is 23.0 Å². The Kier molecular flexibility index (Phi) is 6.25. The van der Waals surface area contributed by atoms with Gasteiger partial charge in [0.15, 0.2) is 0 Å². The number of thioether (sulfide) groups is 1. The summed E-state index contributed by atoms with van der Waals surface area (Å²) in [5.74, 6) is 1.25. The van der Waals surface area contributed by atoms with Gasteiger partial charge in [-0.15, -0.1) is 5.10 Å².